The number of nitrogens with zero attached hydrogens (tertiary/aromatic N) is 1. The Balaban J connectivity index is 1.42. The van der Waals surface area contributed by atoms with Gasteiger partial charge in [-0.1, -0.05) is 17.4 Å². The van der Waals surface area contributed by atoms with Gasteiger partial charge in [0.15, 0.2) is 16.6 Å². The van der Waals surface area contributed by atoms with Gasteiger partial charge in [-0.25, -0.2) is 4.98 Å². The van der Waals surface area contributed by atoms with E-state index in [1.54, 1.807) is 7.11 Å². The predicted molar refractivity (Wildman–Crippen MR) is 103 cm³/mol. The number of hydrogen-bond acceptors (Lipinski definition) is 7. The molecule has 4 rings (SSSR count). The number of ether oxygens (including phenoxy) is 3. The van der Waals surface area contributed by atoms with Crippen molar-refractivity contribution in [1.29, 1.82) is 0 Å². The molecule has 0 radical (unpaired) electrons. The number of methoxy groups -OCH3 is 1. The number of thiazole rings is 1. The first kappa shape index (κ1) is 17.0. The number of rotatable bonds is 5. The predicted octanol–water partition coefficient (Wildman–Crippen LogP) is 3.81. The molecule has 0 unspecified atom stereocenters. The van der Waals surface area contributed by atoms with Gasteiger partial charge in [0.1, 0.15) is 19.0 Å². The average molecular weight is 388 g/mol. The van der Waals surface area contributed by atoms with Crippen LogP contribution in [0.5, 0.6) is 17.2 Å². The second-order valence-electron chi connectivity index (χ2n) is 5.50. The molecule has 2 aromatic carbocycles. The van der Waals surface area contributed by atoms with Crippen LogP contribution in [-0.4, -0.2) is 37.0 Å². The van der Waals surface area contributed by atoms with E-state index in [0.29, 0.717) is 29.8 Å². The van der Waals surface area contributed by atoms with Crippen LogP contribution in [0.25, 0.3) is 10.2 Å². The Kier molecular flexibility index (Phi) is 4.85. The molecule has 1 aliphatic heterocycles. The Hall–Kier alpha value is -2.45. The first-order chi connectivity index (χ1) is 12.7. The van der Waals surface area contributed by atoms with Crippen LogP contribution in [0.15, 0.2) is 41.3 Å². The van der Waals surface area contributed by atoms with Gasteiger partial charge in [0.2, 0.25) is 5.91 Å². The fourth-order valence-corrected chi connectivity index (χ4v) is 4.15. The molecule has 1 aromatic heterocycles. The number of carbonyl (C=O) groups is 1. The Morgan fingerprint density at radius 2 is 2.08 bits per heavy atom. The van der Waals surface area contributed by atoms with Crippen LogP contribution in [0.1, 0.15) is 0 Å². The molecule has 2 heterocycles. The summed E-state index contributed by atoms with van der Waals surface area (Å²) in [6, 6.07) is 11.4. The first-order valence-electron chi connectivity index (χ1n) is 7.98. The van der Waals surface area contributed by atoms with Crippen LogP contribution in [0.4, 0.5) is 5.13 Å². The number of hydrogen-bond donors (Lipinski definition) is 1. The van der Waals surface area contributed by atoms with Crippen molar-refractivity contribution < 1.29 is 19.0 Å². The summed E-state index contributed by atoms with van der Waals surface area (Å²) in [7, 11) is 1.62. The number of nitrogens with one attached hydrogen (secondary N) is 1. The lowest BCUT2D eigenvalue weighted by atomic mass is 10.3. The highest BCUT2D eigenvalue weighted by atomic mass is 32.2. The van der Waals surface area contributed by atoms with E-state index >= 15 is 0 Å². The Labute approximate surface area is 158 Å². The number of carbonyl (C=O) groups excluding carboxylic acids is 1. The van der Waals surface area contributed by atoms with Gasteiger partial charge in [-0.2, -0.15) is 0 Å². The zero-order chi connectivity index (χ0) is 17.9. The van der Waals surface area contributed by atoms with Crippen molar-refractivity contribution in [3.8, 4) is 17.2 Å². The van der Waals surface area contributed by atoms with Crippen LogP contribution in [0, 0.1) is 0 Å². The lowest BCUT2D eigenvalue weighted by molar-refractivity contribution is -0.113. The van der Waals surface area contributed by atoms with Gasteiger partial charge < -0.3 is 19.5 Å². The summed E-state index contributed by atoms with van der Waals surface area (Å²) >= 11 is 2.87. The molecule has 0 fully saturated rings. The van der Waals surface area contributed by atoms with Crippen LogP contribution >= 0.6 is 23.1 Å². The van der Waals surface area contributed by atoms with Crippen LogP contribution < -0.4 is 19.5 Å². The van der Waals surface area contributed by atoms with Gasteiger partial charge in [0.25, 0.3) is 0 Å². The lowest BCUT2D eigenvalue weighted by Crippen LogP contribution is -2.15. The monoisotopic (exact) mass is 388 g/mol. The number of thioether (sulfide) groups is 1. The smallest absolute Gasteiger partial charge is 0.236 e. The van der Waals surface area contributed by atoms with Crippen molar-refractivity contribution in [1.82, 2.24) is 4.98 Å². The molecule has 0 atom stereocenters. The maximum atomic E-state index is 12.2. The summed E-state index contributed by atoms with van der Waals surface area (Å²) in [5.74, 6) is 2.38. The molecule has 1 N–H and O–H groups in total. The summed E-state index contributed by atoms with van der Waals surface area (Å²) in [4.78, 5) is 17.7. The Morgan fingerprint density at radius 1 is 1.27 bits per heavy atom. The third-order valence-electron chi connectivity index (χ3n) is 3.71. The normalized spacial score (nSPS) is 12.8. The van der Waals surface area contributed by atoms with E-state index in [9.17, 15) is 4.79 Å². The zero-order valence-electron chi connectivity index (χ0n) is 14.0. The molecule has 1 aliphatic rings. The van der Waals surface area contributed by atoms with Crippen molar-refractivity contribution in [2.75, 3.05) is 31.4 Å². The quantitative estimate of drug-likeness (QED) is 0.671. The van der Waals surface area contributed by atoms with E-state index < -0.39 is 0 Å². The molecule has 0 bridgehead atoms. The number of amides is 1. The minimum absolute atomic E-state index is 0.103. The van der Waals surface area contributed by atoms with Gasteiger partial charge in [0, 0.05) is 17.0 Å². The SMILES string of the molecule is COc1cccc(SCC(=O)Nc2nc3cc4c(cc3s2)OCCO4)c1. The summed E-state index contributed by atoms with van der Waals surface area (Å²) in [6.07, 6.45) is 0. The number of aromatic nitrogens is 1. The average Bonchev–Trinajstić information content (AvgIpc) is 3.05. The molecule has 0 spiro atoms. The maximum absolute atomic E-state index is 12.2. The van der Waals surface area contributed by atoms with Crippen LogP contribution in [0.3, 0.4) is 0 Å². The third-order valence-corrected chi connectivity index (χ3v) is 5.64. The largest absolute Gasteiger partial charge is 0.497 e. The third kappa shape index (κ3) is 3.71. The Morgan fingerprint density at radius 3 is 2.88 bits per heavy atom. The standard InChI is InChI=1S/C18H16N2O4S2/c1-22-11-3-2-4-12(7-11)25-10-17(21)20-18-19-13-8-14-15(9-16(13)26-18)24-6-5-23-14/h2-4,7-9H,5-6,10H2,1H3,(H,19,20,21). The van der Waals surface area contributed by atoms with Crippen molar-refractivity contribution >= 4 is 44.4 Å². The summed E-state index contributed by atoms with van der Waals surface area (Å²) in [5, 5.41) is 3.42. The van der Waals surface area contributed by atoms with E-state index in [-0.39, 0.29) is 5.91 Å². The van der Waals surface area contributed by atoms with E-state index in [0.717, 1.165) is 26.6 Å². The molecule has 26 heavy (non-hydrogen) atoms. The lowest BCUT2D eigenvalue weighted by Gasteiger charge is -2.17. The second kappa shape index (κ2) is 7.43. The molecule has 8 heteroatoms. The fraction of sp³-hybridized carbons (Fsp3) is 0.222. The molecule has 134 valence electrons. The minimum Gasteiger partial charge on any atom is -0.497 e. The van der Waals surface area contributed by atoms with Gasteiger partial charge in [0.05, 0.1) is 23.1 Å². The first-order valence-corrected chi connectivity index (χ1v) is 9.78. The van der Waals surface area contributed by atoms with Crippen LogP contribution in [0.2, 0.25) is 0 Å². The summed E-state index contributed by atoms with van der Waals surface area (Å²) in [6.45, 7) is 1.08. The highest BCUT2D eigenvalue weighted by Gasteiger charge is 2.16. The molecule has 3 aromatic rings. The van der Waals surface area contributed by atoms with Gasteiger partial charge in [-0.3, -0.25) is 4.79 Å². The van der Waals surface area contributed by atoms with Gasteiger partial charge in [-0.15, -0.1) is 11.8 Å². The van der Waals surface area contributed by atoms with Crippen LogP contribution in [-0.2, 0) is 4.79 Å². The molecule has 1 amide bonds. The number of fused-ring (bicyclic) bond motifs is 2. The number of benzene rings is 2. The van der Waals surface area contributed by atoms with Gasteiger partial charge >= 0.3 is 0 Å². The molecular weight excluding hydrogens is 372 g/mol. The summed E-state index contributed by atoms with van der Waals surface area (Å²) in [5.41, 5.74) is 0.787. The minimum atomic E-state index is -0.103. The highest BCUT2D eigenvalue weighted by Crippen LogP contribution is 2.37. The highest BCUT2D eigenvalue weighted by molar-refractivity contribution is 8.00. The topological polar surface area (TPSA) is 69.7 Å². The molecule has 6 nitrogen and oxygen atoms in total. The van der Waals surface area contributed by atoms with Crippen molar-refractivity contribution in [3.05, 3.63) is 36.4 Å². The molecule has 0 aliphatic carbocycles. The number of anilines is 1. The van der Waals surface area contributed by atoms with Crippen molar-refractivity contribution in [2.45, 2.75) is 4.90 Å². The van der Waals surface area contributed by atoms with Crippen molar-refractivity contribution in [3.63, 3.8) is 0 Å². The maximum Gasteiger partial charge on any atom is 0.236 e. The summed E-state index contributed by atoms with van der Waals surface area (Å²) < 4.78 is 17.3. The fourth-order valence-electron chi connectivity index (χ4n) is 2.51. The van der Waals surface area contributed by atoms with E-state index in [2.05, 4.69) is 10.3 Å². The van der Waals surface area contributed by atoms with Gasteiger partial charge in [-0.05, 0) is 18.2 Å². The Bertz CT molecular complexity index is 915. The zero-order valence-corrected chi connectivity index (χ0v) is 15.6. The molecule has 0 saturated heterocycles. The van der Waals surface area contributed by atoms with E-state index in [1.807, 2.05) is 36.4 Å². The van der Waals surface area contributed by atoms with E-state index in [1.165, 1.54) is 23.1 Å². The molecular formula is C18H16N2O4S2. The second-order valence-corrected chi connectivity index (χ2v) is 7.58. The molecule has 0 saturated carbocycles. The van der Waals surface area contributed by atoms with E-state index in [4.69, 9.17) is 14.2 Å². The van der Waals surface area contributed by atoms with Crippen molar-refractivity contribution in [2.24, 2.45) is 0 Å².